The van der Waals surface area contributed by atoms with Gasteiger partial charge < -0.3 is 14.4 Å². The predicted octanol–water partition coefficient (Wildman–Crippen LogP) is -0.266. The summed E-state index contributed by atoms with van der Waals surface area (Å²) in [4.78, 5) is 3.84. The largest absolute Gasteiger partial charge is 0.514 e. The second-order valence-corrected chi connectivity index (χ2v) is 7.17. The summed E-state index contributed by atoms with van der Waals surface area (Å²) in [5.41, 5.74) is -0.900. The fourth-order valence-electron chi connectivity index (χ4n) is 1.75. The van der Waals surface area contributed by atoms with Gasteiger partial charge in [0.15, 0.2) is 5.75 Å². The van der Waals surface area contributed by atoms with Crippen LogP contribution < -0.4 is 10.7 Å². The number of pyridine rings is 1. The summed E-state index contributed by atoms with van der Waals surface area (Å²) in [5.74, 6) is -0.507. The van der Waals surface area contributed by atoms with Gasteiger partial charge in [0.05, 0.1) is 16.8 Å². The molecule has 7 nitrogen and oxygen atoms in total. The summed E-state index contributed by atoms with van der Waals surface area (Å²) in [7, 11) is -4.93. The molecule has 0 aromatic carbocycles. The highest BCUT2D eigenvalue weighted by Gasteiger charge is 2.52. The molecule has 0 spiro atoms. The average molecular weight is 300 g/mol. The van der Waals surface area contributed by atoms with Gasteiger partial charge in [0, 0.05) is 0 Å². The number of hydrogen-bond donors (Lipinski definition) is 2. The van der Waals surface area contributed by atoms with Crippen molar-refractivity contribution in [2.24, 2.45) is 5.14 Å². The molecule has 0 saturated carbocycles. The molecule has 110 valence electrons. The minimum Gasteiger partial charge on any atom is -0.505 e. The lowest BCUT2D eigenvalue weighted by atomic mass is 9.84. The van der Waals surface area contributed by atoms with Crippen molar-refractivity contribution in [2.75, 3.05) is 0 Å². The van der Waals surface area contributed by atoms with Crippen LogP contribution in [-0.2, 0) is 19.3 Å². The summed E-state index contributed by atoms with van der Waals surface area (Å²) in [6, 6.07) is 2.64. The van der Waals surface area contributed by atoms with Crippen LogP contribution in [0.4, 0.5) is 0 Å². The number of rotatable bonds is 2. The predicted molar refractivity (Wildman–Crippen MR) is 73.0 cm³/mol. The standard InChI is InChI=1S/C11H17BN2O5S/c1-10(2)11(3,4)19-12(18-10)8-6-5-7(15)9(14-8)20(13,16)17/h5-6,15H,1-4H3,(H2,13,16,17). The average Bonchev–Trinajstić information content (AvgIpc) is 2.47. The molecule has 9 heteroatoms. The highest BCUT2D eigenvalue weighted by Crippen LogP contribution is 2.36. The van der Waals surface area contributed by atoms with Crippen molar-refractivity contribution in [1.82, 2.24) is 4.98 Å². The number of nitrogens with zero attached hydrogens (tertiary/aromatic N) is 1. The molecule has 0 amide bonds. The molecule has 1 aromatic rings. The van der Waals surface area contributed by atoms with Gasteiger partial charge in [-0.2, -0.15) is 0 Å². The normalized spacial score (nSPS) is 21.1. The highest BCUT2D eigenvalue weighted by molar-refractivity contribution is 7.89. The summed E-state index contributed by atoms with van der Waals surface area (Å²) >= 11 is 0. The van der Waals surface area contributed by atoms with Gasteiger partial charge in [0.1, 0.15) is 0 Å². The Morgan fingerprint density at radius 2 is 1.70 bits per heavy atom. The third kappa shape index (κ3) is 2.53. The van der Waals surface area contributed by atoms with E-state index in [1.165, 1.54) is 12.1 Å². The van der Waals surface area contributed by atoms with E-state index in [4.69, 9.17) is 14.4 Å². The Morgan fingerprint density at radius 3 is 2.15 bits per heavy atom. The van der Waals surface area contributed by atoms with E-state index in [-0.39, 0.29) is 5.59 Å². The van der Waals surface area contributed by atoms with Crippen LogP contribution >= 0.6 is 0 Å². The van der Waals surface area contributed by atoms with E-state index in [0.717, 1.165) is 0 Å². The molecule has 0 radical (unpaired) electrons. The van der Waals surface area contributed by atoms with E-state index in [1.807, 2.05) is 27.7 Å². The molecule has 0 aliphatic carbocycles. The molecule has 2 rings (SSSR count). The zero-order valence-electron chi connectivity index (χ0n) is 11.7. The van der Waals surface area contributed by atoms with E-state index in [2.05, 4.69) is 4.98 Å². The Morgan fingerprint density at radius 1 is 1.20 bits per heavy atom. The fourth-order valence-corrected chi connectivity index (χ4v) is 2.34. The molecule has 3 N–H and O–H groups in total. The van der Waals surface area contributed by atoms with Crippen LogP contribution in [0, 0.1) is 0 Å². The zero-order valence-corrected chi connectivity index (χ0v) is 12.6. The monoisotopic (exact) mass is 300 g/mol. The molecule has 1 aliphatic rings. The van der Waals surface area contributed by atoms with Gasteiger partial charge in [0.2, 0.25) is 5.03 Å². The minimum atomic E-state index is -4.12. The first kappa shape index (κ1) is 15.2. The Labute approximate surface area is 118 Å². The second-order valence-electron chi connectivity index (χ2n) is 5.69. The number of aromatic hydroxyl groups is 1. The Hall–Kier alpha value is -1.16. The van der Waals surface area contributed by atoms with Crippen LogP contribution in [0.5, 0.6) is 5.75 Å². The lowest BCUT2D eigenvalue weighted by molar-refractivity contribution is 0.00578. The van der Waals surface area contributed by atoms with E-state index in [0.29, 0.717) is 0 Å². The minimum absolute atomic E-state index is 0.241. The first-order valence-corrected chi connectivity index (χ1v) is 7.57. The summed E-state index contributed by atoms with van der Waals surface area (Å²) in [6.45, 7) is 7.48. The SMILES string of the molecule is CC1(C)OB(c2ccc(O)c(S(N)(=O)=O)n2)OC1(C)C. The Balaban J connectivity index is 2.42. The van der Waals surface area contributed by atoms with Crippen molar-refractivity contribution in [3.63, 3.8) is 0 Å². The van der Waals surface area contributed by atoms with Crippen LogP contribution in [0.1, 0.15) is 27.7 Å². The molecule has 2 heterocycles. The highest BCUT2D eigenvalue weighted by atomic mass is 32.2. The fraction of sp³-hybridized carbons (Fsp3) is 0.545. The third-order valence-electron chi connectivity index (χ3n) is 3.63. The van der Waals surface area contributed by atoms with E-state index >= 15 is 0 Å². The Bertz CT molecular complexity index is 628. The maximum Gasteiger partial charge on any atom is 0.514 e. The molecule has 0 unspecified atom stereocenters. The van der Waals surface area contributed by atoms with Crippen molar-refractivity contribution in [2.45, 2.75) is 43.9 Å². The van der Waals surface area contributed by atoms with E-state index < -0.39 is 39.1 Å². The van der Waals surface area contributed by atoms with E-state index in [9.17, 15) is 13.5 Å². The molecular weight excluding hydrogens is 283 g/mol. The molecule has 20 heavy (non-hydrogen) atoms. The topological polar surface area (TPSA) is 112 Å². The molecule has 1 saturated heterocycles. The van der Waals surface area contributed by atoms with Crippen molar-refractivity contribution in [3.8, 4) is 5.75 Å². The van der Waals surface area contributed by atoms with Gasteiger partial charge in [0.25, 0.3) is 10.0 Å². The number of primary sulfonamides is 1. The number of nitrogens with two attached hydrogens (primary N) is 1. The molecule has 1 fully saturated rings. The number of aromatic nitrogens is 1. The van der Waals surface area contributed by atoms with Crippen LogP contribution in [0.25, 0.3) is 0 Å². The first-order chi connectivity index (χ1) is 8.94. The van der Waals surface area contributed by atoms with Gasteiger partial charge in [-0.1, -0.05) is 0 Å². The molecule has 1 aromatic heterocycles. The van der Waals surface area contributed by atoms with Crippen molar-refractivity contribution >= 4 is 22.7 Å². The maximum absolute atomic E-state index is 11.3. The molecule has 0 atom stereocenters. The first-order valence-electron chi connectivity index (χ1n) is 6.02. The maximum atomic E-state index is 11.3. The second kappa shape index (κ2) is 4.42. The summed E-state index contributed by atoms with van der Waals surface area (Å²) in [6.07, 6.45) is 0. The third-order valence-corrected chi connectivity index (χ3v) is 4.47. The van der Waals surface area contributed by atoms with Crippen molar-refractivity contribution in [1.29, 1.82) is 0 Å². The van der Waals surface area contributed by atoms with Crippen LogP contribution in [-0.4, -0.2) is 36.8 Å². The van der Waals surface area contributed by atoms with Crippen LogP contribution in [0.2, 0.25) is 0 Å². The van der Waals surface area contributed by atoms with Gasteiger partial charge in [-0.3, -0.25) is 0 Å². The van der Waals surface area contributed by atoms with Crippen molar-refractivity contribution in [3.05, 3.63) is 12.1 Å². The lowest BCUT2D eigenvalue weighted by Crippen LogP contribution is -2.41. The molecular formula is C11H17BN2O5S. The smallest absolute Gasteiger partial charge is 0.505 e. The number of hydrogen-bond acceptors (Lipinski definition) is 6. The van der Waals surface area contributed by atoms with Gasteiger partial charge in [-0.05, 0) is 39.8 Å². The quantitative estimate of drug-likeness (QED) is 0.727. The zero-order chi connectivity index (χ0) is 15.3. The van der Waals surface area contributed by atoms with Gasteiger partial charge in [-0.25, -0.2) is 18.5 Å². The summed E-state index contributed by atoms with van der Waals surface area (Å²) in [5, 5.41) is 13.9. The molecule has 1 aliphatic heterocycles. The van der Waals surface area contributed by atoms with Crippen molar-refractivity contribution < 1.29 is 22.8 Å². The van der Waals surface area contributed by atoms with E-state index in [1.54, 1.807) is 0 Å². The lowest BCUT2D eigenvalue weighted by Gasteiger charge is -2.32. The van der Waals surface area contributed by atoms with Gasteiger partial charge >= 0.3 is 7.12 Å². The Kier molecular flexibility index (Phi) is 3.37. The summed E-state index contributed by atoms with van der Waals surface area (Å²) < 4.78 is 34.2. The van der Waals surface area contributed by atoms with Gasteiger partial charge in [-0.15, -0.1) is 0 Å². The van der Waals surface area contributed by atoms with Crippen LogP contribution in [0.15, 0.2) is 17.2 Å². The molecule has 0 bridgehead atoms. The number of sulfonamides is 1. The van der Waals surface area contributed by atoms with Crippen LogP contribution in [0.3, 0.4) is 0 Å².